The van der Waals surface area contributed by atoms with E-state index in [1.165, 1.54) is 12.3 Å². The van der Waals surface area contributed by atoms with E-state index in [9.17, 15) is 9.18 Å². The zero-order valence-corrected chi connectivity index (χ0v) is 12.2. The number of pyridine rings is 1. The van der Waals surface area contributed by atoms with Crippen LogP contribution in [-0.4, -0.2) is 15.9 Å². The van der Waals surface area contributed by atoms with Crippen molar-refractivity contribution in [3.63, 3.8) is 0 Å². The summed E-state index contributed by atoms with van der Waals surface area (Å²) in [6.45, 7) is 1.92. The van der Waals surface area contributed by atoms with Gasteiger partial charge in [-0.1, -0.05) is 24.4 Å². The van der Waals surface area contributed by atoms with E-state index >= 15 is 0 Å². The SMILES string of the molecule is Cc1cncc(C(=O)NCc2ccc(C(N)=S)cc2F)c1. The van der Waals surface area contributed by atoms with E-state index in [1.807, 2.05) is 6.92 Å². The molecule has 1 aromatic heterocycles. The summed E-state index contributed by atoms with van der Waals surface area (Å²) in [5, 5.41) is 2.65. The van der Waals surface area contributed by atoms with E-state index in [0.717, 1.165) is 5.56 Å². The molecule has 0 aliphatic rings. The molecule has 1 heterocycles. The lowest BCUT2D eigenvalue weighted by Crippen LogP contribution is -2.23. The predicted octanol–water partition coefficient (Wildman–Crippen LogP) is 2.09. The number of nitrogens with two attached hydrogens (primary N) is 1. The van der Waals surface area contributed by atoms with Gasteiger partial charge < -0.3 is 11.1 Å². The summed E-state index contributed by atoms with van der Waals surface area (Å²) in [4.78, 5) is 16.0. The second kappa shape index (κ2) is 6.41. The third-order valence-electron chi connectivity index (χ3n) is 2.91. The predicted molar refractivity (Wildman–Crippen MR) is 82.4 cm³/mol. The van der Waals surface area contributed by atoms with Crippen LogP contribution in [-0.2, 0) is 6.54 Å². The quantitative estimate of drug-likeness (QED) is 0.849. The van der Waals surface area contributed by atoms with Crippen LogP contribution in [0.5, 0.6) is 0 Å². The van der Waals surface area contributed by atoms with E-state index in [0.29, 0.717) is 16.7 Å². The van der Waals surface area contributed by atoms with Gasteiger partial charge in [0.2, 0.25) is 0 Å². The maximum atomic E-state index is 13.8. The molecule has 0 spiro atoms. The third kappa shape index (κ3) is 3.82. The molecule has 0 radical (unpaired) electrons. The number of carbonyl (C=O) groups excluding carboxylic acids is 1. The molecule has 3 N–H and O–H groups in total. The monoisotopic (exact) mass is 303 g/mol. The summed E-state index contributed by atoms with van der Waals surface area (Å²) in [7, 11) is 0. The highest BCUT2D eigenvalue weighted by Crippen LogP contribution is 2.11. The Morgan fingerprint density at radius 3 is 2.71 bits per heavy atom. The second-order valence-electron chi connectivity index (χ2n) is 4.60. The van der Waals surface area contributed by atoms with Crippen LogP contribution in [0, 0.1) is 12.7 Å². The van der Waals surface area contributed by atoms with Crippen LogP contribution in [0.1, 0.15) is 27.0 Å². The first kappa shape index (κ1) is 15.1. The molecule has 0 aliphatic carbocycles. The molecule has 0 unspecified atom stereocenters. The molecular formula is C15H14FN3OS. The van der Waals surface area contributed by atoms with Crippen LogP contribution < -0.4 is 11.1 Å². The van der Waals surface area contributed by atoms with Gasteiger partial charge >= 0.3 is 0 Å². The Hall–Kier alpha value is -2.34. The molecule has 0 saturated heterocycles. The molecule has 0 fully saturated rings. The molecule has 2 aromatic rings. The number of rotatable bonds is 4. The van der Waals surface area contributed by atoms with E-state index in [4.69, 9.17) is 18.0 Å². The van der Waals surface area contributed by atoms with Gasteiger partial charge in [-0.15, -0.1) is 0 Å². The van der Waals surface area contributed by atoms with Crippen LogP contribution in [0.2, 0.25) is 0 Å². The van der Waals surface area contributed by atoms with Gasteiger partial charge in [0, 0.05) is 30.1 Å². The minimum absolute atomic E-state index is 0.0796. The number of hydrogen-bond donors (Lipinski definition) is 2. The Morgan fingerprint density at radius 1 is 1.33 bits per heavy atom. The molecule has 1 aromatic carbocycles. The highest BCUT2D eigenvalue weighted by atomic mass is 32.1. The maximum absolute atomic E-state index is 13.8. The topological polar surface area (TPSA) is 68.0 Å². The Balaban J connectivity index is 2.06. The largest absolute Gasteiger partial charge is 0.389 e. The molecule has 0 atom stereocenters. The lowest BCUT2D eigenvalue weighted by atomic mass is 10.1. The maximum Gasteiger partial charge on any atom is 0.253 e. The molecule has 1 amide bonds. The Morgan fingerprint density at radius 2 is 2.10 bits per heavy atom. The fourth-order valence-corrected chi connectivity index (χ4v) is 1.93. The number of hydrogen-bond acceptors (Lipinski definition) is 3. The van der Waals surface area contributed by atoms with Crippen molar-refractivity contribution in [2.75, 3.05) is 0 Å². The third-order valence-corrected chi connectivity index (χ3v) is 3.15. The minimum atomic E-state index is -0.456. The molecule has 6 heteroatoms. The summed E-state index contributed by atoms with van der Waals surface area (Å²) < 4.78 is 13.8. The number of nitrogens with one attached hydrogen (secondary N) is 1. The first-order valence-corrected chi connectivity index (χ1v) is 6.66. The average molecular weight is 303 g/mol. The van der Waals surface area contributed by atoms with Crippen LogP contribution >= 0.6 is 12.2 Å². The van der Waals surface area contributed by atoms with Crippen molar-refractivity contribution in [3.05, 3.63) is 64.7 Å². The number of thiocarbonyl (C=S) groups is 1. The summed E-state index contributed by atoms with van der Waals surface area (Å²) in [6, 6.07) is 6.16. The van der Waals surface area contributed by atoms with Gasteiger partial charge in [0.1, 0.15) is 10.8 Å². The van der Waals surface area contributed by atoms with Gasteiger partial charge in [-0.3, -0.25) is 9.78 Å². The van der Waals surface area contributed by atoms with Gasteiger partial charge in [-0.2, -0.15) is 0 Å². The van der Waals surface area contributed by atoms with E-state index in [1.54, 1.807) is 24.4 Å². The van der Waals surface area contributed by atoms with E-state index in [-0.39, 0.29) is 17.4 Å². The standard InChI is InChI=1S/C15H14FN3OS/c1-9-4-12(7-18-6-9)15(20)19-8-11-3-2-10(14(17)21)5-13(11)16/h2-7H,8H2,1H3,(H2,17,21)(H,19,20). The van der Waals surface area contributed by atoms with Crippen LogP contribution in [0.3, 0.4) is 0 Å². The summed E-state index contributed by atoms with van der Waals surface area (Å²) in [5.74, 6) is -0.757. The van der Waals surface area contributed by atoms with Crippen molar-refractivity contribution in [3.8, 4) is 0 Å². The lowest BCUT2D eigenvalue weighted by Gasteiger charge is -2.08. The summed E-state index contributed by atoms with van der Waals surface area (Å²) >= 11 is 4.78. The van der Waals surface area contributed by atoms with Crippen LogP contribution in [0.4, 0.5) is 4.39 Å². The summed E-state index contributed by atoms with van der Waals surface area (Å²) in [5.41, 5.74) is 7.58. The summed E-state index contributed by atoms with van der Waals surface area (Å²) in [6.07, 6.45) is 3.12. The molecule has 108 valence electrons. The van der Waals surface area contributed by atoms with Crippen molar-refractivity contribution in [2.24, 2.45) is 5.73 Å². The number of carbonyl (C=O) groups is 1. The van der Waals surface area contributed by atoms with E-state index < -0.39 is 5.82 Å². The molecule has 21 heavy (non-hydrogen) atoms. The van der Waals surface area contributed by atoms with Crippen LogP contribution in [0.15, 0.2) is 36.7 Å². The first-order chi connectivity index (χ1) is 9.97. The Bertz CT molecular complexity index is 703. The average Bonchev–Trinajstić information content (AvgIpc) is 2.45. The van der Waals surface area contributed by atoms with Crippen molar-refractivity contribution in [2.45, 2.75) is 13.5 Å². The Kier molecular flexibility index (Phi) is 4.59. The van der Waals surface area contributed by atoms with Gasteiger partial charge in [-0.25, -0.2) is 4.39 Å². The highest BCUT2D eigenvalue weighted by Gasteiger charge is 2.09. The van der Waals surface area contributed by atoms with Gasteiger partial charge in [0.25, 0.3) is 5.91 Å². The molecular weight excluding hydrogens is 289 g/mol. The first-order valence-electron chi connectivity index (χ1n) is 6.25. The molecule has 0 aliphatic heterocycles. The second-order valence-corrected chi connectivity index (χ2v) is 5.04. The Labute approximate surface area is 127 Å². The number of aryl methyl sites for hydroxylation is 1. The van der Waals surface area contributed by atoms with E-state index in [2.05, 4.69) is 10.3 Å². The smallest absolute Gasteiger partial charge is 0.253 e. The highest BCUT2D eigenvalue weighted by molar-refractivity contribution is 7.80. The fourth-order valence-electron chi connectivity index (χ4n) is 1.80. The lowest BCUT2D eigenvalue weighted by molar-refractivity contribution is 0.0950. The zero-order valence-electron chi connectivity index (χ0n) is 11.4. The fraction of sp³-hybridized carbons (Fsp3) is 0.133. The minimum Gasteiger partial charge on any atom is -0.389 e. The zero-order chi connectivity index (χ0) is 15.4. The normalized spacial score (nSPS) is 10.2. The number of amides is 1. The van der Waals surface area contributed by atoms with Crippen molar-refractivity contribution < 1.29 is 9.18 Å². The van der Waals surface area contributed by atoms with Crippen molar-refractivity contribution in [1.29, 1.82) is 0 Å². The number of halogens is 1. The number of aromatic nitrogens is 1. The van der Waals surface area contributed by atoms with Crippen LogP contribution in [0.25, 0.3) is 0 Å². The van der Waals surface area contributed by atoms with Gasteiger partial charge in [-0.05, 0) is 24.6 Å². The van der Waals surface area contributed by atoms with Crippen molar-refractivity contribution in [1.82, 2.24) is 10.3 Å². The number of benzene rings is 1. The molecule has 2 rings (SSSR count). The molecule has 0 saturated carbocycles. The van der Waals surface area contributed by atoms with Gasteiger partial charge in [0.05, 0.1) is 5.56 Å². The van der Waals surface area contributed by atoms with Gasteiger partial charge in [0.15, 0.2) is 0 Å². The number of nitrogens with zero attached hydrogens (tertiary/aromatic N) is 1. The van der Waals surface area contributed by atoms with Crippen molar-refractivity contribution >= 4 is 23.1 Å². The molecule has 0 bridgehead atoms. The molecule has 4 nitrogen and oxygen atoms in total.